The SMILES string of the molecule is CCc1nn(CC)c(CN(C)c2ccccc2F)c1Br. The lowest BCUT2D eigenvalue weighted by Crippen LogP contribution is -2.20. The first-order valence-corrected chi connectivity index (χ1v) is 7.57. The number of aryl methyl sites for hydroxylation is 2. The maximum Gasteiger partial charge on any atom is 0.146 e. The second-order valence-corrected chi connectivity index (χ2v) is 5.48. The minimum absolute atomic E-state index is 0.204. The van der Waals surface area contributed by atoms with Gasteiger partial charge in [0.05, 0.1) is 28.1 Å². The zero-order chi connectivity index (χ0) is 14.7. The van der Waals surface area contributed by atoms with Crippen LogP contribution in [0.1, 0.15) is 25.2 Å². The van der Waals surface area contributed by atoms with Gasteiger partial charge in [-0.1, -0.05) is 19.1 Å². The van der Waals surface area contributed by atoms with Gasteiger partial charge in [0.1, 0.15) is 5.82 Å². The number of rotatable bonds is 5. The lowest BCUT2D eigenvalue weighted by molar-refractivity contribution is 0.598. The molecule has 5 heteroatoms. The summed E-state index contributed by atoms with van der Waals surface area (Å²) in [7, 11) is 1.89. The van der Waals surface area contributed by atoms with Crippen LogP contribution in [0.25, 0.3) is 0 Å². The predicted octanol–water partition coefficient (Wildman–Crippen LogP) is 4.00. The average molecular weight is 340 g/mol. The van der Waals surface area contributed by atoms with Gasteiger partial charge in [-0.05, 0) is 41.4 Å². The Hall–Kier alpha value is -1.36. The number of nitrogens with zero attached hydrogens (tertiary/aromatic N) is 3. The molecule has 2 rings (SSSR count). The van der Waals surface area contributed by atoms with Crippen LogP contribution in [-0.2, 0) is 19.5 Å². The molecule has 0 radical (unpaired) electrons. The lowest BCUT2D eigenvalue weighted by Gasteiger charge is -2.20. The Bertz CT molecular complexity index is 595. The van der Waals surface area contributed by atoms with Gasteiger partial charge in [0.15, 0.2) is 0 Å². The zero-order valence-electron chi connectivity index (χ0n) is 12.0. The second-order valence-electron chi connectivity index (χ2n) is 4.68. The third-order valence-corrected chi connectivity index (χ3v) is 4.26. The topological polar surface area (TPSA) is 21.1 Å². The van der Waals surface area contributed by atoms with E-state index in [1.807, 2.05) is 22.7 Å². The number of halogens is 2. The molecule has 0 spiro atoms. The van der Waals surface area contributed by atoms with Crippen LogP contribution in [0.15, 0.2) is 28.7 Å². The van der Waals surface area contributed by atoms with Crippen molar-refractivity contribution >= 4 is 21.6 Å². The summed E-state index contributed by atoms with van der Waals surface area (Å²) in [5, 5.41) is 4.57. The van der Waals surface area contributed by atoms with Gasteiger partial charge in [-0.2, -0.15) is 5.10 Å². The number of anilines is 1. The molecule has 108 valence electrons. The van der Waals surface area contributed by atoms with Crippen LogP contribution < -0.4 is 4.90 Å². The molecule has 1 aromatic heterocycles. The zero-order valence-corrected chi connectivity index (χ0v) is 13.6. The van der Waals surface area contributed by atoms with E-state index in [2.05, 4.69) is 34.9 Å². The van der Waals surface area contributed by atoms with E-state index in [0.29, 0.717) is 12.2 Å². The van der Waals surface area contributed by atoms with Gasteiger partial charge in [-0.3, -0.25) is 4.68 Å². The number of hydrogen-bond donors (Lipinski definition) is 0. The predicted molar refractivity (Wildman–Crippen MR) is 83.5 cm³/mol. The van der Waals surface area contributed by atoms with E-state index in [1.165, 1.54) is 6.07 Å². The van der Waals surface area contributed by atoms with Gasteiger partial charge in [-0.25, -0.2) is 4.39 Å². The van der Waals surface area contributed by atoms with Crippen molar-refractivity contribution in [3.63, 3.8) is 0 Å². The van der Waals surface area contributed by atoms with Crippen LogP contribution in [0, 0.1) is 5.82 Å². The highest BCUT2D eigenvalue weighted by Gasteiger charge is 2.16. The third-order valence-electron chi connectivity index (χ3n) is 3.34. The fraction of sp³-hybridized carbons (Fsp3) is 0.400. The summed E-state index contributed by atoms with van der Waals surface area (Å²) in [5.74, 6) is -0.204. The molecule has 0 aliphatic rings. The molecular formula is C15H19BrFN3. The van der Waals surface area contributed by atoms with Crippen LogP contribution in [0.3, 0.4) is 0 Å². The first-order valence-electron chi connectivity index (χ1n) is 6.78. The van der Waals surface area contributed by atoms with Gasteiger partial charge < -0.3 is 4.90 Å². The summed E-state index contributed by atoms with van der Waals surface area (Å²) < 4.78 is 16.8. The Morgan fingerprint density at radius 1 is 1.30 bits per heavy atom. The molecule has 20 heavy (non-hydrogen) atoms. The molecule has 0 unspecified atom stereocenters. The van der Waals surface area contributed by atoms with Crippen molar-refractivity contribution in [2.24, 2.45) is 0 Å². The van der Waals surface area contributed by atoms with Crippen LogP contribution >= 0.6 is 15.9 Å². The van der Waals surface area contributed by atoms with Crippen molar-refractivity contribution in [2.45, 2.75) is 33.4 Å². The minimum atomic E-state index is -0.204. The molecule has 0 saturated heterocycles. The fourth-order valence-corrected chi connectivity index (χ4v) is 2.93. The number of para-hydroxylation sites is 1. The van der Waals surface area contributed by atoms with E-state index < -0.39 is 0 Å². The summed E-state index contributed by atoms with van der Waals surface area (Å²) in [5.41, 5.74) is 2.72. The van der Waals surface area contributed by atoms with E-state index in [4.69, 9.17) is 0 Å². The Balaban J connectivity index is 2.30. The second kappa shape index (κ2) is 6.39. The summed E-state index contributed by atoms with van der Waals surface area (Å²) >= 11 is 3.62. The molecule has 0 bridgehead atoms. The maximum absolute atomic E-state index is 13.8. The highest BCUT2D eigenvalue weighted by molar-refractivity contribution is 9.10. The van der Waals surface area contributed by atoms with Crippen molar-refractivity contribution in [3.8, 4) is 0 Å². The molecule has 0 saturated carbocycles. The highest BCUT2D eigenvalue weighted by Crippen LogP contribution is 2.26. The molecule has 0 aliphatic carbocycles. The molecule has 2 aromatic rings. The van der Waals surface area contributed by atoms with E-state index in [1.54, 1.807) is 12.1 Å². The largest absolute Gasteiger partial charge is 0.366 e. The molecule has 0 fully saturated rings. The van der Waals surface area contributed by atoms with Crippen molar-refractivity contribution in [3.05, 3.63) is 45.9 Å². The summed E-state index contributed by atoms with van der Waals surface area (Å²) in [6.07, 6.45) is 0.879. The molecule has 0 aliphatic heterocycles. The molecule has 0 atom stereocenters. The first-order chi connectivity index (χ1) is 9.58. The minimum Gasteiger partial charge on any atom is -0.366 e. The van der Waals surface area contributed by atoms with Crippen molar-refractivity contribution in [1.82, 2.24) is 9.78 Å². The quantitative estimate of drug-likeness (QED) is 0.820. The lowest BCUT2D eigenvalue weighted by atomic mass is 10.2. The Labute approximate surface area is 127 Å². The van der Waals surface area contributed by atoms with Gasteiger partial charge in [-0.15, -0.1) is 0 Å². The Kier molecular flexibility index (Phi) is 4.81. The normalized spacial score (nSPS) is 10.8. The molecule has 0 amide bonds. The summed E-state index contributed by atoms with van der Waals surface area (Å²) in [4.78, 5) is 1.91. The first kappa shape index (κ1) is 15.0. The molecule has 1 aromatic carbocycles. The van der Waals surface area contributed by atoms with E-state index >= 15 is 0 Å². The van der Waals surface area contributed by atoms with Gasteiger partial charge in [0, 0.05) is 13.6 Å². The van der Waals surface area contributed by atoms with Gasteiger partial charge >= 0.3 is 0 Å². The number of aromatic nitrogens is 2. The number of benzene rings is 1. The van der Waals surface area contributed by atoms with Crippen LogP contribution in [0.4, 0.5) is 10.1 Å². The average Bonchev–Trinajstić information content (AvgIpc) is 2.75. The number of hydrogen-bond acceptors (Lipinski definition) is 2. The summed E-state index contributed by atoms with van der Waals surface area (Å²) in [6.45, 7) is 5.56. The van der Waals surface area contributed by atoms with E-state index in [9.17, 15) is 4.39 Å². The van der Waals surface area contributed by atoms with Crippen LogP contribution in [-0.4, -0.2) is 16.8 Å². The van der Waals surface area contributed by atoms with Crippen LogP contribution in [0.2, 0.25) is 0 Å². The Morgan fingerprint density at radius 2 is 2.00 bits per heavy atom. The third kappa shape index (κ3) is 2.87. The molecule has 1 heterocycles. The van der Waals surface area contributed by atoms with E-state index in [0.717, 1.165) is 28.8 Å². The molecule has 3 nitrogen and oxygen atoms in total. The standard InChI is InChI=1S/C15H19BrFN3/c1-4-12-15(16)14(20(5-2)18-12)10-19(3)13-9-7-6-8-11(13)17/h6-9H,4-5,10H2,1-3H3. The highest BCUT2D eigenvalue weighted by atomic mass is 79.9. The Morgan fingerprint density at radius 3 is 2.60 bits per heavy atom. The maximum atomic E-state index is 13.8. The monoisotopic (exact) mass is 339 g/mol. The molecule has 0 N–H and O–H groups in total. The molecular weight excluding hydrogens is 321 g/mol. The van der Waals surface area contributed by atoms with Crippen LogP contribution in [0.5, 0.6) is 0 Å². The van der Waals surface area contributed by atoms with E-state index in [-0.39, 0.29) is 5.82 Å². The smallest absolute Gasteiger partial charge is 0.146 e. The van der Waals surface area contributed by atoms with Crippen molar-refractivity contribution in [2.75, 3.05) is 11.9 Å². The fourth-order valence-electron chi connectivity index (χ4n) is 2.24. The summed E-state index contributed by atoms with van der Waals surface area (Å²) in [6, 6.07) is 6.82. The van der Waals surface area contributed by atoms with Crippen molar-refractivity contribution < 1.29 is 4.39 Å². The van der Waals surface area contributed by atoms with Gasteiger partial charge in [0.2, 0.25) is 0 Å². The van der Waals surface area contributed by atoms with Gasteiger partial charge in [0.25, 0.3) is 0 Å². The van der Waals surface area contributed by atoms with Crippen molar-refractivity contribution in [1.29, 1.82) is 0 Å².